The van der Waals surface area contributed by atoms with E-state index in [1.165, 1.54) is 11.1 Å². The van der Waals surface area contributed by atoms with Crippen LogP contribution < -0.4 is 5.32 Å². The van der Waals surface area contributed by atoms with E-state index in [-0.39, 0.29) is 0 Å². The van der Waals surface area contributed by atoms with Crippen LogP contribution in [0.2, 0.25) is 0 Å². The summed E-state index contributed by atoms with van der Waals surface area (Å²) in [6, 6.07) is 4.09. The number of amides is 3. The van der Waals surface area contributed by atoms with Crippen LogP contribution in [0.15, 0.2) is 18.2 Å². The molecule has 2 N–H and O–H groups in total. The van der Waals surface area contributed by atoms with Gasteiger partial charge in [-0.15, -0.1) is 0 Å². The summed E-state index contributed by atoms with van der Waals surface area (Å²) >= 11 is 0. The number of carbonyl (C=O) groups excluding carboxylic acids is 2. The molecule has 3 amide bonds. The van der Waals surface area contributed by atoms with Crippen LogP contribution in [0, 0.1) is 0 Å². The SMILES string of the molecule is C[C@]1(c2ccc3c(c2)CCC3)NC(=O)N([C@@H]2CS(=O)(=O)C[C@@H]2O)C1=O. The van der Waals surface area contributed by atoms with Crippen LogP contribution >= 0.6 is 0 Å². The summed E-state index contributed by atoms with van der Waals surface area (Å²) in [6.07, 6.45) is 1.80. The lowest BCUT2D eigenvalue weighted by atomic mass is 9.89. The Bertz CT molecular complexity index is 881. The fraction of sp³-hybridized carbons (Fsp3) is 0.529. The summed E-state index contributed by atoms with van der Waals surface area (Å²) in [7, 11) is -3.46. The first kappa shape index (κ1) is 16.5. The number of aliphatic hydroxyl groups excluding tert-OH is 1. The minimum Gasteiger partial charge on any atom is -0.390 e. The quantitative estimate of drug-likeness (QED) is 0.725. The molecule has 0 saturated carbocycles. The van der Waals surface area contributed by atoms with Crippen molar-refractivity contribution in [2.75, 3.05) is 11.5 Å². The monoisotopic (exact) mass is 364 g/mol. The lowest BCUT2D eigenvalue weighted by Gasteiger charge is -2.26. The molecule has 3 aliphatic rings. The van der Waals surface area contributed by atoms with E-state index in [1.807, 2.05) is 18.2 Å². The fourth-order valence-electron chi connectivity index (χ4n) is 4.10. The van der Waals surface area contributed by atoms with Crippen LogP contribution in [0.3, 0.4) is 0 Å². The van der Waals surface area contributed by atoms with Gasteiger partial charge in [-0.05, 0) is 42.9 Å². The smallest absolute Gasteiger partial charge is 0.325 e. The Balaban J connectivity index is 1.69. The highest BCUT2D eigenvalue weighted by molar-refractivity contribution is 7.91. The van der Waals surface area contributed by atoms with Gasteiger partial charge in [-0.1, -0.05) is 18.2 Å². The van der Waals surface area contributed by atoms with Crippen molar-refractivity contribution in [3.05, 3.63) is 34.9 Å². The summed E-state index contributed by atoms with van der Waals surface area (Å²) in [5, 5.41) is 12.7. The van der Waals surface area contributed by atoms with Crippen molar-refractivity contribution in [2.45, 2.75) is 43.9 Å². The van der Waals surface area contributed by atoms with Crippen LogP contribution in [0.5, 0.6) is 0 Å². The van der Waals surface area contributed by atoms with Crippen molar-refractivity contribution in [3.8, 4) is 0 Å². The Labute approximate surface area is 145 Å². The molecule has 2 heterocycles. The van der Waals surface area contributed by atoms with Crippen molar-refractivity contribution in [1.82, 2.24) is 10.2 Å². The Morgan fingerprint density at radius 2 is 1.92 bits per heavy atom. The molecule has 0 spiro atoms. The number of nitrogens with zero attached hydrogens (tertiary/aromatic N) is 1. The molecule has 2 aliphatic heterocycles. The maximum atomic E-state index is 13.0. The zero-order valence-electron chi connectivity index (χ0n) is 13.9. The first-order valence-electron chi connectivity index (χ1n) is 8.38. The number of hydrogen-bond donors (Lipinski definition) is 2. The number of hydrogen-bond acceptors (Lipinski definition) is 5. The van der Waals surface area contributed by atoms with E-state index in [9.17, 15) is 23.1 Å². The largest absolute Gasteiger partial charge is 0.390 e. The summed E-state index contributed by atoms with van der Waals surface area (Å²) < 4.78 is 23.5. The van der Waals surface area contributed by atoms with E-state index < -0.39 is 51.0 Å². The van der Waals surface area contributed by atoms with Gasteiger partial charge in [0.25, 0.3) is 5.91 Å². The van der Waals surface area contributed by atoms with Gasteiger partial charge in [-0.3, -0.25) is 9.69 Å². The standard InChI is InChI=1S/C17H20N2O5S/c1-17(12-6-5-10-3-2-4-11(10)7-12)15(21)19(16(22)18-17)13-8-25(23,24)9-14(13)20/h5-7,13-14,20H,2-4,8-9H2,1H3,(H,18,22)/t13-,14+,17-/m1/s1. The number of urea groups is 1. The molecule has 0 bridgehead atoms. The van der Waals surface area contributed by atoms with E-state index in [4.69, 9.17) is 0 Å². The lowest BCUT2D eigenvalue weighted by Crippen LogP contribution is -2.48. The third-order valence-corrected chi connectivity index (χ3v) is 7.22. The number of nitrogens with one attached hydrogen (secondary N) is 1. The van der Waals surface area contributed by atoms with Gasteiger partial charge in [0, 0.05) is 0 Å². The van der Waals surface area contributed by atoms with Gasteiger partial charge in [0.2, 0.25) is 0 Å². The maximum Gasteiger partial charge on any atom is 0.325 e. The van der Waals surface area contributed by atoms with E-state index in [2.05, 4.69) is 5.32 Å². The van der Waals surface area contributed by atoms with Gasteiger partial charge in [-0.2, -0.15) is 0 Å². The van der Waals surface area contributed by atoms with Crippen LogP contribution in [0.4, 0.5) is 4.79 Å². The molecule has 0 radical (unpaired) electrons. The third kappa shape index (κ3) is 2.46. The van der Waals surface area contributed by atoms with Crippen molar-refractivity contribution in [2.24, 2.45) is 0 Å². The molecule has 7 nitrogen and oxygen atoms in total. The second kappa shape index (κ2) is 5.28. The number of aryl methyl sites for hydroxylation is 2. The highest BCUT2D eigenvalue weighted by Crippen LogP contribution is 2.34. The number of aliphatic hydroxyl groups is 1. The van der Waals surface area contributed by atoms with Gasteiger partial charge < -0.3 is 10.4 Å². The van der Waals surface area contributed by atoms with Gasteiger partial charge in [0.1, 0.15) is 5.54 Å². The average molecular weight is 364 g/mol. The summed E-state index contributed by atoms with van der Waals surface area (Å²) in [5.41, 5.74) is 1.88. The van der Waals surface area contributed by atoms with Crippen LogP contribution in [0.1, 0.15) is 30.0 Å². The molecule has 3 atom stereocenters. The summed E-state index contributed by atoms with van der Waals surface area (Å²) in [4.78, 5) is 26.3. The van der Waals surface area contributed by atoms with E-state index in [0.29, 0.717) is 5.56 Å². The molecule has 8 heteroatoms. The number of fused-ring (bicyclic) bond motifs is 1. The molecule has 1 aromatic rings. The first-order chi connectivity index (χ1) is 11.7. The van der Waals surface area contributed by atoms with E-state index in [1.54, 1.807) is 6.92 Å². The molecule has 1 aromatic carbocycles. The van der Waals surface area contributed by atoms with Gasteiger partial charge in [0.05, 0.1) is 23.7 Å². The predicted molar refractivity (Wildman–Crippen MR) is 89.6 cm³/mol. The van der Waals surface area contributed by atoms with Crippen molar-refractivity contribution in [1.29, 1.82) is 0 Å². The third-order valence-electron chi connectivity index (χ3n) is 5.52. The maximum absolute atomic E-state index is 13.0. The highest BCUT2D eigenvalue weighted by Gasteiger charge is 2.55. The molecule has 2 fully saturated rings. The van der Waals surface area contributed by atoms with Crippen molar-refractivity contribution >= 4 is 21.8 Å². The van der Waals surface area contributed by atoms with Gasteiger partial charge in [-0.25, -0.2) is 13.2 Å². The summed E-state index contributed by atoms with van der Waals surface area (Å²) in [5.74, 6) is -1.34. The van der Waals surface area contributed by atoms with Crippen molar-refractivity contribution in [3.63, 3.8) is 0 Å². The minimum absolute atomic E-state index is 0.395. The van der Waals surface area contributed by atoms with Gasteiger partial charge in [0.15, 0.2) is 9.84 Å². The molecule has 1 aliphatic carbocycles. The number of imide groups is 1. The zero-order valence-corrected chi connectivity index (χ0v) is 14.7. The highest BCUT2D eigenvalue weighted by atomic mass is 32.2. The topological polar surface area (TPSA) is 104 Å². The minimum atomic E-state index is -3.46. The molecular weight excluding hydrogens is 344 g/mol. The van der Waals surface area contributed by atoms with Gasteiger partial charge >= 0.3 is 6.03 Å². The molecular formula is C17H20N2O5S. The Morgan fingerprint density at radius 1 is 1.20 bits per heavy atom. The predicted octanol–water partition coefficient (Wildman–Crippen LogP) is 0.100. The molecule has 25 heavy (non-hydrogen) atoms. The Morgan fingerprint density at radius 3 is 2.60 bits per heavy atom. The van der Waals surface area contributed by atoms with Crippen LogP contribution in [0.25, 0.3) is 0 Å². The number of benzene rings is 1. The van der Waals surface area contributed by atoms with Crippen LogP contribution in [-0.2, 0) is 33.0 Å². The second-order valence-corrected chi connectivity index (χ2v) is 9.43. The number of carbonyl (C=O) groups is 2. The van der Waals surface area contributed by atoms with E-state index >= 15 is 0 Å². The normalized spacial score (nSPS) is 33.6. The first-order valence-corrected chi connectivity index (χ1v) is 10.2. The molecule has 0 unspecified atom stereocenters. The fourth-order valence-corrected chi connectivity index (χ4v) is 5.87. The average Bonchev–Trinajstić information content (AvgIpc) is 3.15. The molecule has 134 valence electrons. The summed E-state index contributed by atoms with van der Waals surface area (Å²) in [6.45, 7) is 1.62. The molecule has 0 aromatic heterocycles. The van der Waals surface area contributed by atoms with Crippen molar-refractivity contribution < 1.29 is 23.1 Å². The molecule has 2 saturated heterocycles. The number of sulfone groups is 1. The second-order valence-electron chi connectivity index (χ2n) is 7.28. The zero-order chi connectivity index (χ0) is 18.0. The Hall–Kier alpha value is -1.93. The van der Waals surface area contributed by atoms with Crippen LogP contribution in [-0.4, -0.2) is 54.0 Å². The molecule has 4 rings (SSSR count). The Kier molecular flexibility index (Phi) is 3.49. The number of rotatable bonds is 2. The van der Waals surface area contributed by atoms with E-state index in [0.717, 1.165) is 24.2 Å². The lowest BCUT2D eigenvalue weighted by molar-refractivity contribution is -0.133.